The van der Waals surface area contributed by atoms with E-state index < -0.39 is 0 Å². The van der Waals surface area contributed by atoms with Gasteiger partial charge in [0.1, 0.15) is 5.60 Å². The normalized spacial score (nSPS) is 32.0. The predicted octanol–water partition coefficient (Wildman–Crippen LogP) is 3.48. The van der Waals surface area contributed by atoms with Crippen LogP contribution in [0.4, 0.5) is 5.69 Å². The first-order chi connectivity index (χ1) is 11.6. The molecule has 3 atom stereocenters. The maximum Gasteiger partial charge on any atom is 0.106 e. The smallest absolute Gasteiger partial charge is 0.106 e. The van der Waals surface area contributed by atoms with Crippen LogP contribution in [0.5, 0.6) is 0 Å². The van der Waals surface area contributed by atoms with E-state index in [4.69, 9.17) is 10.5 Å². The second-order valence-electron chi connectivity index (χ2n) is 7.06. The van der Waals surface area contributed by atoms with Crippen LogP contribution in [0.1, 0.15) is 24.8 Å². The van der Waals surface area contributed by atoms with Gasteiger partial charge in [-0.2, -0.15) is 0 Å². The van der Waals surface area contributed by atoms with Crippen molar-refractivity contribution in [2.75, 3.05) is 18.9 Å². The van der Waals surface area contributed by atoms with E-state index in [-0.39, 0.29) is 22.5 Å². The topological polar surface area (TPSA) is 68.4 Å². The molecule has 1 aliphatic carbocycles. The number of nitrogens with two attached hydrogens (primary N) is 1. The molecule has 0 amide bonds. The number of halogens is 1. The van der Waals surface area contributed by atoms with Crippen molar-refractivity contribution in [1.29, 1.82) is 0 Å². The molecule has 0 radical (unpaired) electrons. The van der Waals surface area contributed by atoms with Crippen molar-refractivity contribution in [2.45, 2.75) is 29.7 Å². The van der Waals surface area contributed by atoms with Crippen molar-refractivity contribution >= 4 is 21.6 Å². The number of fused-ring (bicyclic) bond motifs is 3. The molecule has 5 rings (SSSR count). The standard InChI is InChI=1S/C19H21BrN2O2/c20-17-9-18(11-23)7-8-19(17,24-12-18)14-3-1-13(2-4-14)16-6-5-15(21)10-22-16/h1-6,10,17,23H,7-9,11-12,21H2/t17-,18+,19+/m0/s1. The van der Waals surface area contributed by atoms with Gasteiger partial charge >= 0.3 is 0 Å². The zero-order chi connectivity index (χ0) is 16.8. The summed E-state index contributed by atoms with van der Waals surface area (Å²) in [5, 5.41) is 9.70. The van der Waals surface area contributed by atoms with E-state index in [2.05, 4.69) is 45.2 Å². The lowest BCUT2D eigenvalue weighted by molar-refractivity contribution is -0.193. The number of ether oxygens (including phenoxy) is 1. The van der Waals surface area contributed by atoms with E-state index in [1.165, 1.54) is 5.56 Å². The Labute approximate surface area is 150 Å². The second-order valence-corrected chi connectivity index (χ2v) is 8.17. The number of aliphatic hydroxyl groups excluding tert-OH is 1. The van der Waals surface area contributed by atoms with Crippen molar-refractivity contribution in [3.63, 3.8) is 0 Å². The summed E-state index contributed by atoms with van der Waals surface area (Å²) < 4.78 is 6.28. The number of hydrogen-bond acceptors (Lipinski definition) is 4. The molecule has 24 heavy (non-hydrogen) atoms. The van der Waals surface area contributed by atoms with Crippen LogP contribution >= 0.6 is 15.9 Å². The first kappa shape index (κ1) is 16.1. The highest BCUT2D eigenvalue weighted by molar-refractivity contribution is 9.09. The van der Waals surface area contributed by atoms with Crippen LogP contribution in [-0.2, 0) is 10.3 Å². The molecule has 1 aromatic heterocycles. The Bertz CT molecular complexity index is 722. The molecule has 126 valence electrons. The van der Waals surface area contributed by atoms with E-state index in [1.807, 2.05) is 12.1 Å². The van der Waals surface area contributed by atoms with Crippen molar-refractivity contribution in [2.24, 2.45) is 5.41 Å². The maximum absolute atomic E-state index is 9.70. The average molecular weight is 389 g/mol. The number of aromatic nitrogens is 1. The van der Waals surface area contributed by atoms with Crippen LogP contribution < -0.4 is 5.73 Å². The molecule has 5 heteroatoms. The zero-order valence-electron chi connectivity index (χ0n) is 13.4. The van der Waals surface area contributed by atoms with Crippen LogP contribution in [0.3, 0.4) is 0 Å². The lowest BCUT2D eigenvalue weighted by Gasteiger charge is -2.55. The Kier molecular flexibility index (Phi) is 3.90. The fourth-order valence-corrected chi connectivity index (χ4v) is 5.24. The Morgan fingerprint density at radius 2 is 2.00 bits per heavy atom. The minimum atomic E-state index is -0.288. The summed E-state index contributed by atoms with van der Waals surface area (Å²) in [4.78, 5) is 4.60. The van der Waals surface area contributed by atoms with Crippen LogP contribution in [0.2, 0.25) is 0 Å². The van der Waals surface area contributed by atoms with Gasteiger partial charge in [0.2, 0.25) is 0 Å². The molecular weight excluding hydrogens is 368 g/mol. The second kappa shape index (κ2) is 5.83. The Balaban J connectivity index is 1.62. The van der Waals surface area contributed by atoms with Gasteiger partial charge in [0.05, 0.1) is 30.8 Å². The van der Waals surface area contributed by atoms with E-state index in [9.17, 15) is 5.11 Å². The summed E-state index contributed by atoms with van der Waals surface area (Å²) >= 11 is 3.82. The van der Waals surface area contributed by atoms with E-state index in [1.54, 1.807) is 6.20 Å². The number of rotatable bonds is 3. The number of benzene rings is 1. The van der Waals surface area contributed by atoms with Crippen molar-refractivity contribution in [3.8, 4) is 11.3 Å². The van der Waals surface area contributed by atoms with Gasteiger partial charge in [0.25, 0.3) is 0 Å². The molecule has 3 fully saturated rings. The van der Waals surface area contributed by atoms with Crippen LogP contribution in [0.25, 0.3) is 11.3 Å². The summed E-state index contributed by atoms with van der Waals surface area (Å²) in [6, 6.07) is 12.3. The Hall–Kier alpha value is -1.43. The van der Waals surface area contributed by atoms with Gasteiger partial charge in [-0.05, 0) is 37.0 Å². The minimum absolute atomic E-state index is 0.0657. The molecule has 3 heterocycles. The molecule has 2 aliphatic heterocycles. The molecule has 4 nitrogen and oxygen atoms in total. The van der Waals surface area contributed by atoms with Gasteiger partial charge in [-0.15, -0.1) is 0 Å². The van der Waals surface area contributed by atoms with Crippen molar-refractivity contribution in [3.05, 3.63) is 48.2 Å². The summed E-state index contributed by atoms with van der Waals surface area (Å²) in [5.41, 5.74) is 9.19. The maximum atomic E-state index is 9.70. The molecule has 1 saturated carbocycles. The number of aliphatic hydroxyl groups is 1. The van der Waals surface area contributed by atoms with Gasteiger partial charge in [-0.3, -0.25) is 4.98 Å². The minimum Gasteiger partial charge on any atom is -0.397 e. The number of nitrogen functional groups attached to an aromatic ring is 1. The molecule has 3 aliphatic rings. The van der Waals surface area contributed by atoms with Crippen LogP contribution in [0, 0.1) is 5.41 Å². The van der Waals surface area contributed by atoms with Crippen LogP contribution in [0.15, 0.2) is 42.6 Å². The SMILES string of the molecule is Nc1ccc(-c2ccc([C@@]34CC[C@@](CO)(CO3)C[C@@H]4Br)cc2)nc1. The number of nitrogens with zero attached hydrogens (tertiary/aromatic N) is 1. The number of pyridine rings is 1. The van der Waals surface area contributed by atoms with Crippen LogP contribution in [-0.4, -0.2) is 28.1 Å². The van der Waals surface area contributed by atoms with Crippen molar-refractivity contribution < 1.29 is 9.84 Å². The van der Waals surface area contributed by atoms with E-state index >= 15 is 0 Å². The Morgan fingerprint density at radius 3 is 2.54 bits per heavy atom. The lowest BCUT2D eigenvalue weighted by Crippen LogP contribution is -2.56. The van der Waals surface area contributed by atoms with Gasteiger partial charge in [-0.25, -0.2) is 0 Å². The fraction of sp³-hybridized carbons (Fsp3) is 0.421. The predicted molar refractivity (Wildman–Crippen MR) is 97.8 cm³/mol. The summed E-state index contributed by atoms with van der Waals surface area (Å²) in [5.74, 6) is 0. The number of alkyl halides is 1. The monoisotopic (exact) mass is 388 g/mol. The molecule has 2 saturated heterocycles. The molecule has 2 aromatic rings. The fourth-order valence-electron chi connectivity index (χ4n) is 3.93. The third-order valence-corrected chi connectivity index (χ3v) is 6.64. The highest BCUT2D eigenvalue weighted by Gasteiger charge is 2.55. The van der Waals surface area contributed by atoms with E-state index in [0.29, 0.717) is 12.3 Å². The lowest BCUT2D eigenvalue weighted by atomic mass is 9.64. The van der Waals surface area contributed by atoms with Gasteiger partial charge < -0.3 is 15.6 Å². The van der Waals surface area contributed by atoms with Crippen molar-refractivity contribution in [1.82, 2.24) is 4.98 Å². The summed E-state index contributed by atoms with van der Waals surface area (Å²) in [7, 11) is 0. The zero-order valence-corrected chi connectivity index (χ0v) is 15.0. The van der Waals surface area contributed by atoms with Gasteiger partial charge in [0, 0.05) is 15.8 Å². The number of hydrogen-bond donors (Lipinski definition) is 2. The molecule has 2 bridgehead atoms. The highest BCUT2D eigenvalue weighted by Crippen LogP contribution is 2.56. The highest BCUT2D eigenvalue weighted by atomic mass is 79.9. The first-order valence-corrected chi connectivity index (χ1v) is 9.20. The first-order valence-electron chi connectivity index (χ1n) is 8.28. The Morgan fingerprint density at radius 1 is 1.21 bits per heavy atom. The largest absolute Gasteiger partial charge is 0.397 e. The molecular formula is C19H21BrN2O2. The summed E-state index contributed by atoms with van der Waals surface area (Å²) in [6.45, 7) is 0.833. The van der Waals surface area contributed by atoms with E-state index in [0.717, 1.165) is 30.5 Å². The third-order valence-electron chi connectivity index (χ3n) is 5.57. The molecule has 0 spiro atoms. The third kappa shape index (κ3) is 2.46. The molecule has 0 unspecified atom stereocenters. The molecule has 1 aromatic carbocycles. The van der Waals surface area contributed by atoms with Gasteiger partial charge in [-0.1, -0.05) is 40.2 Å². The quantitative estimate of drug-likeness (QED) is 0.789. The number of anilines is 1. The van der Waals surface area contributed by atoms with Gasteiger partial charge in [0.15, 0.2) is 0 Å². The molecule has 3 N–H and O–H groups in total. The summed E-state index contributed by atoms with van der Waals surface area (Å²) in [6.07, 6.45) is 4.57. The average Bonchev–Trinajstić information content (AvgIpc) is 2.63.